The Labute approximate surface area is 181 Å². The summed E-state index contributed by atoms with van der Waals surface area (Å²) in [5, 5.41) is 14.2. The number of ether oxygens (including phenoxy) is 1. The zero-order chi connectivity index (χ0) is 21.6. The fourth-order valence-electron chi connectivity index (χ4n) is 3.53. The second kappa shape index (κ2) is 10.0. The van der Waals surface area contributed by atoms with Gasteiger partial charge in [0.2, 0.25) is 0 Å². The summed E-state index contributed by atoms with van der Waals surface area (Å²) in [5.41, 5.74) is 2.01. The molecule has 2 unspecified atom stereocenters. The highest BCUT2D eigenvalue weighted by atomic mass is 32.1. The number of unbranched alkanes of at least 4 members (excludes halogenated alkanes) is 1. The van der Waals surface area contributed by atoms with Crippen LogP contribution in [0.4, 0.5) is 5.13 Å². The molecule has 1 fully saturated rings. The number of esters is 1. The van der Waals surface area contributed by atoms with E-state index < -0.39 is 16.8 Å². The van der Waals surface area contributed by atoms with Gasteiger partial charge in [0, 0.05) is 0 Å². The van der Waals surface area contributed by atoms with Gasteiger partial charge in [-0.25, -0.2) is 4.90 Å². The van der Waals surface area contributed by atoms with E-state index in [1.807, 2.05) is 17.9 Å². The summed E-state index contributed by atoms with van der Waals surface area (Å²) in [7, 11) is 0. The minimum atomic E-state index is -0.897. The van der Waals surface area contributed by atoms with Crippen LogP contribution in [0, 0.1) is 17.6 Å². The number of terminal acetylenes is 1. The normalized spacial score (nSPS) is 21.8. The summed E-state index contributed by atoms with van der Waals surface area (Å²) < 4.78 is 5.63. The van der Waals surface area contributed by atoms with Gasteiger partial charge < -0.3 is 9.94 Å². The molecule has 0 spiro atoms. The first kappa shape index (κ1) is 22.2. The zero-order valence-corrected chi connectivity index (χ0v) is 18.1. The summed E-state index contributed by atoms with van der Waals surface area (Å²) in [5.74, 6) is 2.09. The van der Waals surface area contributed by atoms with Crippen molar-refractivity contribution in [3.05, 3.63) is 53.8 Å². The van der Waals surface area contributed by atoms with E-state index in [0.29, 0.717) is 11.7 Å². The molecule has 3 rings (SSSR count). The smallest absolute Gasteiger partial charge is 0.314 e. The number of carbonyl (C=O) groups excluding carboxylic acids is 1. The number of hydroxylamine groups is 2. The van der Waals surface area contributed by atoms with Crippen LogP contribution in [0.2, 0.25) is 0 Å². The number of nitrogens with zero attached hydrogens (tertiary/aromatic N) is 3. The molecule has 0 bridgehead atoms. The highest BCUT2D eigenvalue weighted by Crippen LogP contribution is 2.38. The fourth-order valence-corrected chi connectivity index (χ4v) is 4.63. The predicted octanol–water partition coefficient (Wildman–Crippen LogP) is 4.35. The molecule has 2 heterocycles. The van der Waals surface area contributed by atoms with Gasteiger partial charge in [-0.3, -0.25) is 9.44 Å². The molecule has 0 amide bonds. The van der Waals surface area contributed by atoms with E-state index >= 15 is 0 Å². The van der Waals surface area contributed by atoms with E-state index in [2.05, 4.69) is 41.8 Å². The van der Waals surface area contributed by atoms with Crippen LogP contribution in [0.1, 0.15) is 31.7 Å². The summed E-state index contributed by atoms with van der Waals surface area (Å²) in [4.78, 5) is 18.4. The van der Waals surface area contributed by atoms with Gasteiger partial charge in [0.25, 0.3) is 11.4 Å². The third-order valence-electron chi connectivity index (χ3n) is 5.02. The van der Waals surface area contributed by atoms with Gasteiger partial charge in [0.15, 0.2) is 0 Å². The fraction of sp³-hybridized carbons (Fsp3) is 0.391. The Bertz CT molecular complexity index is 978. The number of fused-ring (bicyclic) bond motifs is 1. The maximum Gasteiger partial charge on any atom is 0.314 e. The maximum atomic E-state index is 13.8. The van der Waals surface area contributed by atoms with Gasteiger partial charge in [-0.2, -0.15) is 4.98 Å². The number of allylic oxidation sites excluding steroid dienone is 2. The Kier molecular flexibility index (Phi) is 7.40. The molecule has 7 heteroatoms. The molecule has 1 saturated heterocycles. The first-order valence-electron chi connectivity index (χ1n) is 10.1. The minimum absolute atomic E-state index is 0.0576. The molecule has 30 heavy (non-hydrogen) atoms. The lowest BCUT2D eigenvalue weighted by molar-refractivity contribution is -0.152. The van der Waals surface area contributed by atoms with Crippen molar-refractivity contribution in [3.8, 4) is 12.3 Å². The Balaban J connectivity index is 1.85. The number of rotatable bonds is 9. The van der Waals surface area contributed by atoms with Crippen molar-refractivity contribution in [3.63, 3.8) is 0 Å². The minimum Gasteiger partial charge on any atom is -0.622 e. The number of aromatic nitrogens is 1. The van der Waals surface area contributed by atoms with Crippen LogP contribution in [-0.4, -0.2) is 41.8 Å². The van der Waals surface area contributed by atoms with Crippen molar-refractivity contribution in [2.75, 3.05) is 19.8 Å². The van der Waals surface area contributed by atoms with Crippen molar-refractivity contribution in [1.82, 2.24) is 14.5 Å². The van der Waals surface area contributed by atoms with Crippen LogP contribution in [0.25, 0.3) is 10.2 Å². The lowest BCUT2D eigenvalue weighted by Crippen LogP contribution is -2.50. The van der Waals surface area contributed by atoms with Crippen LogP contribution < -0.4 is 4.65 Å². The van der Waals surface area contributed by atoms with E-state index in [-0.39, 0.29) is 19.6 Å². The molecule has 0 N–H and O–H groups in total. The van der Waals surface area contributed by atoms with E-state index in [1.165, 1.54) is 23.0 Å². The number of aryl methyl sites for hydroxylation is 1. The second-order valence-electron chi connectivity index (χ2n) is 7.35. The highest BCUT2D eigenvalue weighted by Gasteiger charge is 2.45. The monoisotopic (exact) mass is 425 g/mol. The Hall–Kier alpha value is -2.50. The Morgan fingerprint density at radius 1 is 1.57 bits per heavy atom. The molecule has 6 nitrogen and oxygen atoms in total. The van der Waals surface area contributed by atoms with Crippen molar-refractivity contribution < 1.29 is 9.53 Å². The second-order valence-corrected chi connectivity index (χ2v) is 8.36. The molecule has 2 atom stereocenters. The first-order chi connectivity index (χ1) is 14.5. The van der Waals surface area contributed by atoms with Gasteiger partial charge in [0.05, 0.1) is 29.7 Å². The number of carbonyl (C=O) groups is 1. The van der Waals surface area contributed by atoms with Crippen LogP contribution in [0.15, 0.2) is 43.0 Å². The average molecular weight is 426 g/mol. The molecule has 0 radical (unpaired) electrons. The van der Waals surface area contributed by atoms with Crippen LogP contribution in [-0.2, 0) is 16.0 Å². The molecule has 1 aliphatic rings. The molecular weight excluding hydrogens is 398 g/mol. The number of benzene rings is 1. The number of hydrogen-bond donors (Lipinski definition) is 0. The topological polar surface area (TPSA) is 65.5 Å². The van der Waals surface area contributed by atoms with Crippen molar-refractivity contribution in [1.29, 1.82) is 0 Å². The molecular formula is C23H27N3O3S. The number of hydrogen-bond acceptors (Lipinski definition) is 6. The average Bonchev–Trinajstić information content (AvgIpc) is 3.27. The lowest BCUT2D eigenvalue weighted by atomic mass is 10.1. The molecule has 1 aliphatic heterocycles. The van der Waals surface area contributed by atoms with Gasteiger partial charge >= 0.3 is 5.97 Å². The molecule has 1 aromatic heterocycles. The van der Waals surface area contributed by atoms with Gasteiger partial charge in [0.1, 0.15) is 6.67 Å². The third-order valence-corrected chi connectivity index (χ3v) is 6.15. The number of thiazole rings is 1. The van der Waals surface area contributed by atoms with E-state index in [0.717, 1.165) is 29.5 Å². The van der Waals surface area contributed by atoms with Crippen molar-refractivity contribution in [2.45, 2.75) is 38.8 Å². The van der Waals surface area contributed by atoms with Gasteiger partial charge in [-0.1, -0.05) is 41.6 Å². The summed E-state index contributed by atoms with van der Waals surface area (Å²) >= 11 is 1.36. The van der Waals surface area contributed by atoms with Gasteiger partial charge in [-0.05, 0) is 43.9 Å². The standard InChI is InChI=1S/C23H27N3O3S/c1-4-7-8-9-11-18-12-13-19-20(15-18)30-23(24-19)26(28)17-25(14-6-3)16-21(26)29-22(27)10-5-2/h3-5,7,12-13,15,21H,2,8-11,14,16-17H2,1H3. The summed E-state index contributed by atoms with van der Waals surface area (Å²) in [6.07, 6.45) is 13.4. The van der Waals surface area contributed by atoms with Crippen molar-refractivity contribution in [2.24, 2.45) is 0 Å². The lowest BCUT2D eigenvalue weighted by Gasteiger charge is -2.38. The quantitative estimate of drug-likeness (QED) is 0.149. The van der Waals surface area contributed by atoms with Crippen molar-refractivity contribution >= 4 is 32.7 Å². The molecule has 2 aromatic rings. The molecule has 158 valence electrons. The largest absolute Gasteiger partial charge is 0.622 e. The van der Waals surface area contributed by atoms with Gasteiger partial charge in [-0.15, -0.1) is 13.0 Å². The zero-order valence-electron chi connectivity index (χ0n) is 17.3. The molecule has 1 aromatic carbocycles. The third kappa shape index (κ3) is 4.97. The summed E-state index contributed by atoms with van der Waals surface area (Å²) in [6, 6.07) is 6.12. The summed E-state index contributed by atoms with van der Waals surface area (Å²) in [6.45, 7) is 6.28. The predicted molar refractivity (Wildman–Crippen MR) is 123 cm³/mol. The SMILES string of the molecule is C#CCN1CC(OC(=O)CC=C)[N+]([O-])(c2nc3ccc(CCCC=CC)cc3s2)C1. The number of quaternary nitrogens is 1. The first-order valence-corrected chi connectivity index (χ1v) is 10.9. The van der Waals surface area contributed by atoms with E-state index in [4.69, 9.17) is 11.2 Å². The Morgan fingerprint density at radius 2 is 2.40 bits per heavy atom. The van der Waals surface area contributed by atoms with Crippen LogP contribution >= 0.6 is 11.3 Å². The van der Waals surface area contributed by atoms with Crippen LogP contribution in [0.3, 0.4) is 0 Å². The Morgan fingerprint density at radius 3 is 3.13 bits per heavy atom. The molecule has 0 saturated carbocycles. The molecule has 0 aliphatic carbocycles. The van der Waals surface area contributed by atoms with E-state index in [1.54, 1.807) is 0 Å². The highest BCUT2D eigenvalue weighted by molar-refractivity contribution is 7.22. The van der Waals surface area contributed by atoms with E-state index in [9.17, 15) is 10.0 Å². The maximum absolute atomic E-state index is 13.8. The van der Waals surface area contributed by atoms with Crippen LogP contribution in [0.5, 0.6) is 0 Å².